The molecule has 122 valence electrons. The van der Waals surface area contributed by atoms with Gasteiger partial charge in [0.2, 0.25) is 5.91 Å². The van der Waals surface area contributed by atoms with Crippen LogP contribution in [0.1, 0.15) is 48.2 Å². The highest BCUT2D eigenvalue weighted by molar-refractivity contribution is 5.94. The zero-order valence-electron chi connectivity index (χ0n) is 13.5. The Bertz CT molecular complexity index is 744. The van der Waals surface area contributed by atoms with Crippen LogP contribution in [0.5, 0.6) is 0 Å². The quantitative estimate of drug-likeness (QED) is 0.910. The first-order valence-corrected chi connectivity index (χ1v) is 8.05. The third-order valence-corrected chi connectivity index (χ3v) is 4.67. The number of amides is 1. The molecular formula is C16H21N5O2. The van der Waals surface area contributed by atoms with Crippen LogP contribution in [0.2, 0.25) is 0 Å². The number of aryl methyl sites for hydroxylation is 1. The van der Waals surface area contributed by atoms with E-state index in [9.17, 15) is 4.79 Å². The molecular weight excluding hydrogens is 294 g/mol. The van der Waals surface area contributed by atoms with E-state index in [1.54, 1.807) is 18.0 Å². The number of fused-ring (bicyclic) bond motifs is 1. The lowest BCUT2D eigenvalue weighted by Gasteiger charge is -2.24. The van der Waals surface area contributed by atoms with Crippen molar-refractivity contribution in [3.05, 3.63) is 29.5 Å². The average molecular weight is 315 g/mol. The van der Waals surface area contributed by atoms with Crippen molar-refractivity contribution in [1.82, 2.24) is 19.3 Å². The van der Waals surface area contributed by atoms with Crippen LogP contribution in [0.25, 0.3) is 0 Å². The van der Waals surface area contributed by atoms with Crippen molar-refractivity contribution in [2.24, 2.45) is 7.05 Å². The topological polar surface area (TPSA) is 74.0 Å². The van der Waals surface area contributed by atoms with E-state index in [1.807, 2.05) is 13.2 Å². The zero-order valence-corrected chi connectivity index (χ0v) is 13.5. The van der Waals surface area contributed by atoms with Gasteiger partial charge in [-0.15, -0.1) is 0 Å². The summed E-state index contributed by atoms with van der Waals surface area (Å²) in [7, 11) is 3.58. The predicted molar refractivity (Wildman–Crippen MR) is 84.4 cm³/mol. The zero-order chi connectivity index (χ0) is 16.0. The summed E-state index contributed by atoms with van der Waals surface area (Å²) in [6.07, 6.45) is 6.53. The summed E-state index contributed by atoms with van der Waals surface area (Å²) >= 11 is 0. The maximum absolute atomic E-state index is 12.2. The molecule has 2 aromatic rings. The smallest absolute Gasteiger partial charge is 0.226 e. The van der Waals surface area contributed by atoms with Gasteiger partial charge >= 0.3 is 0 Å². The Hall–Kier alpha value is -2.15. The molecule has 1 saturated carbocycles. The van der Waals surface area contributed by atoms with E-state index in [-0.39, 0.29) is 11.8 Å². The number of aromatic nitrogens is 4. The molecule has 7 nitrogen and oxygen atoms in total. The van der Waals surface area contributed by atoms with Gasteiger partial charge in [-0.2, -0.15) is 5.10 Å². The van der Waals surface area contributed by atoms with E-state index in [2.05, 4.69) is 20.0 Å². The molecule has 0 spiro atoms. The summed E-state index contributed by atoms with van der Waals surface area (Å²) in [6.45, 7) is 1.36. The van der Waals surface area contributed by atoms with E-state index in [4.69, 9.17) is 4.74 Å². The molecule has 7 heteroatoms. The highest BCUT2D eigenvalue weighted by Gasteiger charge is 2.39. The first kappa shape index (κ1) is 14.4. The molecule has 23 heavy (non-hydrogen) atoms. The van der Waals surface area contributed by atoms with Gasteiger partial charge in [0.05, 0.1) is 18.2 Å². The average Bonchev–Trinajstić information content (AvgIpc) is 3.19. The predicted octanol–water partition coefficient (Wildman–Crippen LogP) is 1.61. The van der Waals surface area contributed by atoms with E-state index in [1.165, 1.54) is 12.8 Å². The number of imidazole rings is 1. The van der Waals surface area contributed by atoms with Crippen molar-refractivity contribution in [3.63, 3.8) is 0 Å². The van der Waals surface area contributed by atoms with Crippen LogP contribution in [0.3, 0.4) is 0 Å². The van der Waals surface area contributed by atoms with Crippen LogP contribution in [0, 0.1) is 0 Å². The Balaban J connectivity index is 1.78. The van der Waals surface area contributed by atoms with Gasteiger partial charge in [0.15, 0.2) is 0 Å². The normalized spacial score (nSPS) is 20.4. The van der Waals surface area contributed by atoms with Gasteiger partial charge in [-0.3, -0.25) is 9.48 Å². The number of ether oxygens (including phenoxy) is 1. The largest absolute Gasteiger partial charge is 0.383 e. The Morgan fingerprint density at radius 3 is 3.00 bits per heavy atom. The van der Waals surface area contributed by atoms with Crippen LogP contribution in [-0.4, -0.2) is 39.0 Å². The molecule has 1 aliphatic carbocycles. The minimum absolute atomic E-state index is 0.0224. The SMILES string of the molecule is COCCn1ccnc1[C@@H]1CC(=O)Nc2c1c(C1CC1)nn2C. The fourth-order valence-electron chi connectivity index (χ4n) is 3.41. The second kappa shape index (κ2) is 5.49. The number of rotatable bonds is 5. The minimum atomic E-state index is -0.0325. The number of hydrogen-bond donors (Lipinski definition) is 1. The molecule has 1 N–H and O–H groups in total. The first-order chi connectivity index (χ1) is 11.2. The fraction of sp³-hybridized carbons (Fsp3) is 0.562. The van der Waals surface area contributed by atoms with Gasteiger partial charge in [-0.25, -0.2) is 4.98 Å². The van der Waals surface area contributed by atoms with Gasteiger partial charge in [0.1, 0.15) is 11.6 Å². The van der Waals surface area contributed by atoms with Gasteiger partial charge in [-0.1, -0.05) is 0 Å². The van der Waals surface area contributed by atoms with E-state index in [0.29, 0.717) is 18.9 Å². The Kier molecular flexibility index (Phi) is 3.45. The van der Waals surface area contributed by atoms with Crippen molar-refractivity contribution in [1.29, 1.82) is 0 Å². The van der Waals surface area contributed by atoms with Crippen LogP contribution >= 0.6 is 0 Å². The molecule has 1 atom stereocenters. The minimum Gasteiger partial charge on any atom is -0.383 e. The summed E-state index contributed by atoms with van der Waals surface area (Å²) in [5, 5.41) is 7.67. The molecule has 0 radical (unpaired) electrons. The summed E-state index contributed by atoms with van der Waals surface area (Å²) in [5.41, 5.74) is 2.29. The number of anilines is 1. The summed E-state index contributed by atoms with van der Waals surface area (Å²) in [5.74, 6) is 2.27. The molecule has 2 aromatic heterocycles. The van der Waals surface area contributed by atoms with Crippen LogP contribution in [0.4, 0.5) is 5.82 Å². The molecule has 0 saturated heterocycles. The highest BCUT2D eigenvalue weighted by atomic mass is 16.5. The van der Waals surface area contributed by atoms with Gasteiger partial charge in [0.25, 0.3) is 0 Å². The summed E-state index contributed by atoms with van der Waals surface area (Å²) < 4.78 is 9.06. The molecule has 1 fully saturated rings. The standard InChI is InChI=1S/C16H21N5O2/c1-20-16-13(14(19-20)10-3-4-10)11(9-12(22)18-16)15-17-5-6-21(15)7-8-23-2/h5-6,10-11H,3-4,7-9H2,1-2H3,(H,18,22)/t11-/m1/s1. The third-order valence-electron chi connectivity index (χ3n) is 4.67. The molecule has 0 unspecified atom stereocenters. The van der Waals surface area contributed by atoms with Crippen molar-refractivity contribution in [2.45, 2.75) is 37.6 Å². The number of carbonyl (C=O) groups excluding carboxylic acids is 1. The molecule has 1 amide bonds. The number of methoxy groups -OCH3 is 1. The maximum atomic E-state index is 12.2. The lowest BCUT2D eigenvalue weighted by molar-refractivity contribution is -0.116. The number of nitrogens with one attached hydrogen (secondary N) is 1. The van der Waals surface area contributed by atoms with Crippen molar-refractivity contribution < 1.29 is 9.53 Å². The summed E-state index contributed by atoms with van der Waals surface area (Å²) in [6, 6.07) is 0. The van der Waals surface area contributed by atoms with Crippen molar-refractivity contribution in [3.8, 4) is 0 Å². The number of carbonyl (C=O) groups is 1. The molecule has 3 heterocycles. The van der Waals surface area contributed by atoms with Gasteiger partial charge in [0, 0.05) is 51.0 Å². The molecule has 2 aliphatic rings. The molecule has 4 rings (SSSR count). The van der Waals surface area contributed by atoms with Crippen LogP contribution in [0.15, 0.2) is 12.4 Å². The highest BCUT2D eigenvalue weighted by Crippen LogP contribution is 2.47. The first-order valence-electron chi connectivity index (χ1n) is 8.05. The molecule has 1 aliphatic heterocycles. The summed E-state index contributed by atoms with van der Waals surface area (Å²) in [4.78, 5) is 16.7. The lowest BCUT2D eigenvalue weighted by atomic mass is 9.89. The van der Waals surface area contributed by atoms with E-state index >= 15 is 0 Å². The second-order valence-corrected chi connectivity index (χ2v) is 6.32. The monoisotopic (exact) mass is 315 g/mol. The number of hydrogen-bond acceptors (Lipinski definition) is 4. The van der Waals surface area contributed by atoms with Gasteiger partial charge in [-0.05, 0) is 12.8 Å². The molecule has 0 aromatic carbocycles. The van der Waals surface area contributed by atoms with Crippen LogP contribution < -0.4 is 5.32 Å². The van der Waals surface area contributed by atoms with E-state index < -0.39 is 0 Å². The fourth-order valence-corrected chi connectivity index (χ4v) is 3.41. The number of nitrogens with zero attached hydrogens (tertiary/aromatic N) is 4. The third kappa shape index (κ3) is 2.45. The lowest BCUT2D eigenvalue weighted by Crippen LogP contribution is -2.26. The molecule has 0 bridgehead atoms. The Morgan fingerprint density at radius 1 is 1.43 bits per heavy atom. The maximum Gasteiger partial charge on any atom is 0.226 e. The van der Waals surface area contributed by atoms with E-state index in [0.717, 1.165) is 29.4 Å². The van der Waals surface area contributed by atoms with Crippen molar-refractivity contribution in [2.75, 3.05) is 19.0 Å². The van der Waals surface area contributed by atoms with Crippen molar-refractivity contribution >= 4 is 11.7 Å². The van der Waals surface area contributed by atoms with Crippen LogP contribution in [-0.2, 0) is 23.1 Å². The second-order valence-electron chi connectivity index (χ2n) is 6.32. The van der Waals surface area contributed by atoms with Gasteiger partial charge < -0.3 is 14.6 Å². The Morgan fingerprint density at radius 2 is 2.26 bits per heavy atom. The Labute approximate surface area is 134 Å².